The number of nitrogens with zero attached hydrogens (tertiary/aromatic N) is 3. The Morgan fingerprint density at radius 1 is 1.20 bits per heavy atom. The fourth-order valence-electron chi connectivity index (χ4n) is 3.94. The van der Waals surface area contributed by atoms with E-state index in [1.807, 2.05) is 23.7 Å². The molecule has 0 spiro atoms. The van der Waals surface area contributed by atoms with Gasteiger partial charge in [-0.05, 0) is 56.9 Å². The lowest BCUT2D eigenvalue weighted by Gasteiger charge is -2.38. The minimum atomic E-state index is -0.205. The van der Waals surface area contributed by atoms with Crippen LogP contribution in [0.2, 0.25) is 0 Å². The highest BCUT2D eigenvalue weighted by Gasteiger charge is 2.34. The van der Waals surface area contributed by atoms with Crippen molar-refractivity contribution in [1.82, 2.24) is 20.4 Å². The van der Waals surface area contributed by atoms with Crippen molar-refractivity contribution in [2.45, 2.75) is 45.1 Å². The Hall–Kier alpha value is -1.68. The van der Waals surface area contributed by atoms with E-state index in [2.05, 4.69) is 33.7 Å². The molecule has 1 fully saturated rings. The summed E-state index contributed by atoms with van der Waals surface area (Å²) in [6.07, 6.45) is 2.76. The van der Waals surface area contributed by atoms with Crippen LogP contribution in [0.5, 0.6) is 0 Å². The van der Waals surface area contributed by atoms with Crippen molar-refractivity contribution >= 4 is 29.9 Å². The Morgan fingerprint density at radius 3 is 2.50 bits per heavy atom. The molecule has 1 aromatic carbocycles. The molecule has 3 rings (SSSR count). The Morgan fingerprint density at radius 2 is 1.90 bits per heavy atom. The minimum absolute atomic E-state index is 0. The topological polar surface area (TPSA) is 63.5 Å². The molecule has 0 saturated carbocycles. The first-order valence-electron chi connectivity index (χ1n) is 10.3. The molecule has 0 unspecified atom stereocenters. The van der Waals surface area contributed by atoms with Crippen LogP contribution < -0.4 is 10.6 Å². The summed E-state index contributed by atoms with van der Waals surface area (Å²) >= 11 is 0. The Kier molecular flexibility index (Phi) is 9.54. The summed E-state index contributed by atoms with van der Waals surface area (Å²) < 4.78 is 21.0. The number of aryl methyl sites for hydroxylation is 3. The zero-order chi connectivity index (χ0) is 20.7. The lowest BCUT2D eigenvalue weighted by Crippen LogP contribution is -2.48. The van der Waals surface area contributed by atoms with Crippen LogP contribution in [-0.4, -0.2) is 49.1 Å². The zero-order valence-corrected chi connectivity index (χ0v) is 20.4. The molecule has 0 atom stereocenters. The highest BCUT2D eigenvalue weighted by molar-refractivity contribution is 14.0. The third-order valence-electron chi connectivity index (χ3n) is 5.67. The van der Waals surface area contributed by atoms with Gasteiger partial charge >= 0.3 is 0 Å². The SMILES string of the molecule is CN=C(NCCCn1nc(C)cc1C)NCC1(c2ccc(F)cc2)CCOCC1.I. The molecule has 0 aliphatic carbocycles. The molecule has 166 valence electrons. The predicted octanol–water partition coefficient (Wildman–Crippen LogP) is 3.56. The number of aliphatic imine (C=N–C) groups is 1. The molecule has 8 heteroatoms. The molecule has 1 aliphatic rings. The van der Waals surface area contributed by atoms with Crippen molar-refractivity contribution in [3.63, 3.8) is 0 Å². The van der Waals surface area contributed by atoms with Gasteiger partial charge in [0.05, 0.1) is 5.69 Å². The first kappa shape index (κ1) is 24.6. The van der Waals surface area contributed by atoms with Crippen molar-refractivity contribution in [2.24, 2.45) is 4.99 Å². The van der Waals surface area contributed by atoms with Crippen LogP contribution in [0.4, 0.5) is 4.39 Å². The molecule has 0 bridgehead atoms. The second kappa shape index (κ2) is 11.6. The van der Waals surface area contributed by atoms with E-state index in [0.717, 1.165) is 56.1 Å². The maximum Gasteiger partial charge on any atom is 0.191 e. The molecular weight excluding hydrogens is 496 g/mol. The van der Waals surface area contributed by atoms with E-state index in [9.17, 15) is 4.39 Å². The first-order chi connectivity index (χ1) is 14.0. The van der Waals surface area contributed by atoms with Crippen LogP contribution in [-0.2, 0) is 16.7 Å². The highest BCUT2D eigenvalue weighted by Crippen LogP contribution is 2.34. The molecule has 1 aromatic heterocycles. The molecule has 2 heterocycles. The van der Waals surface area contributed by atoms with Gasteiger partial charge in [-0.1, -0.05) is 12.1 Å². The molecule has 2 aromatic rings. The summed E-state index contributed by atoms with van der Waals surface area (Å²) in [5.41, 5.74) is 3.31. The number of ether oxygens (including phenoxy) is 1. The van der Waals surface area contributed by atoms with Crippen LogP contribution >= 0.6 is 24.0 Å². The van der Waals surface area contributed by atoms with Crippen molar-refractivity contribution in [3.05, 3.63) is 53.1 Å². The molecule has 6 nitrogen and oxygen atoms in total. The van der Waals surface area contributed by atoms with Gasteiger partial charge in [-0.2, -0.15) is 5.10 Å². The first-order valence-corrected chi connectivity index (χ1v) is 10.3. The van der Waals surface area contributed by atoms with Gasteiger partial charge < -0.3 is 15.4 Å². The number of guanidine groups is 1. The summed E-state index contributed by atoms with van der Waals surface area (Å²) in [4.78, 5) is 4.36. The summed E-state index contributed by atoms with van der Waals surface area (Å²) in [6, 6.07) is 8.97. The van der Waals surface area contributed by atoms with Gasteiger partial charge in [0.1, 0.15) is 5.82 Å². The monoisotopic (exact) mass is 529 g/mol. The number of nitrogens with one attached hydrogen (secondary N) is 2. The van der Waals surface area contributed by atoms with Gasteiger partial charge in [0.25, 0.3) is 0 Å². The Bertz CT molecular complexity index is 815. The average molecular weight is 529 g/mol. The van der Waals surface area contributed by atoms with Crippen LogP contribution in [0.15, 0.2) is 35.3 Å². The lowest BCUT2D eigenvalue weighted by atomic mass is 9.74. The smallest absolute Gasteiger partial charge is 0.191 e. The maximum atomic E-state index is 13.4. The fourth-order valence-corrected chi connectivity index (χ4v) is 3.94. The molecule has 0 amide bonds. The molecule has 30 heavy (non-hydrogen) atoms. The summed E-state index contributed by atoms with van der Waals surface area (Å²) in [5.74, 6) is 0.579. The summed E-state index contributed by atoms with van der Waals surface area (Å²) in [7, 11) is 1.78. The van der Waals surface area contributed by atoms with Gasteiger partial charge in [0.15, 0.2) is 5.96 Å². The normalized spacial score (nSPS) is 16.1. The van der Waals surface area contributed by atoms with Crippen LogP contribution in [0.1, 0.15) is 36.2 Å². The number of hydrogen-bond acceptors (Lipinski definition) is 3. The maximum absolute atomic E-state index is 13.4. The average Bonchev–Trinajstić information content (AvgIpc) is 3.05. The van der Waals surface area contributed by atoms with Crippen molar-refractivity contribution < 1.29 is 9.13 Å². The van der Waals surface area contributed by atoms with Crippen molar-refractivity contribution in [2.75, 3.05) is 33.4 Å². The Balaban J connectivity index is 0.00000320. The fraction of sp³-hybridized carbons (Fsp3) is 0.545. The van der Waals surface area contributed by atoms with Crippen LogP contribution in [0.3, 0.4) is 0 Å². The van der Waals surface area contributed by atoms with Crippen molar-refractivity contribution in [1.29, 1.82) is 0 Å². The van der Waals surface area contributed by atoms with E-state index in [-0.39, 0.29) is 35.2 Å². The van der Waals surface area contributed by atoms with Crippen molar-refractivity contribution in [3.8, 4) is 0 Å². The molecular formula is C22H33FIN5O. The van der Waals surface area contributed by atoms with Gasteiger partial charge in [0.2, 0.25) is 0 Å². The second-order valence-corrected chi connectivity index (χ2v) is 7.76. The molecule has 1 aliphatic heterocycles. The van der Waals surface area contributed by atoms with Gasteiger partial charge in [-0.15, -0.1) is 24.0 Å². The van der Waals surface area contributed by atoms with E-state index in [1.165, 1.54) is 5.69 Å². The third kappa shape index (κ3) is 6.41. The highest BCUT2D eigenvalue weighted by atomic mass is 127. The van der Waals surface area contributed by atoms with Gasteiger partial charge in [-0.25, -0.2) is 4.39 Å². The largest absolute Gasteiger partial charge is 0.381 e. The predicted molar refractivity (Wildman–Crippen MR) is 129 cm³/mol. The van der Waals surface area contributed by atoms with Crippen LogP contribution in [0, 0.1) is 19.7 Å². The van der Waals surface area contributed by atoms with E-state index >= 15 is 0 Å². The van der Waals surface area contributed by atoms with Gasteiger partial charge in [-0.3, -0.25) is 9.67 Å². The molecule has 0 radical (unpaired) electrons. The lowest BCUT2D eigenvalue weighted by molar-refractivity contribution is 0.0513. The molecule has 2 N–H and O–H groups in total. The van der Waals surface area contributed by atoms with Gasteiger partial charge in [0, 0.05) is 51.0 Å². The van der Waals surface area contributed by atoms with Crippen LogP contribution in [0.25, 0.3) is 0 Å². The van der Waals surface area contributed by atoms with E-state index < -0.39 is 0 Å². The van der Waals surface area contributed by atoms with E-state index in [0.29, 0.717) is 13.2 Å². The number of halogens is 2. The zero-order valence-electron chi connectivity index (χ0n) is 18.1. The Labute approximate surface area is 195 Å². The number of rotatable bonds is 7. The van der Waals surface area contributed by atoms with E-state index in [4.69, 9.17) is 4.74 Å². The minimum Gasteiger partial charge on any atom is -0.381 e. The summed E-state index contributed by atoms with van der Waals surface area (Å²) in [5, 5.41) is 11.4. The number of hydrogen-bond donors (Lipinski definition) is 2. The second-order valence-electron chi connectivity index (χ2n) is 7.76. The van der Waals surface area contributed by atoms with E-state index in [1.54, 1.807) is 19.2 Å². The number of benzene rings is 1. The number of aromatic nitrogens is 2. The summed E-state index contributed by atoms with van der Waals surface area (Å²) in [6.45, 7) is 7.95. The molecule has 1 saturated heterocycles. The standard InChI is InChI=1S/C22H32FN5O.HI/c1-17-15-18(2)28(27-17)12-4-11-25-21(24-3)26-16-22(9-13-29-14-10-22)19-5-7-20(23)8-6-19;/h5-8,15H,4,9-14,16H2,1-3H3,(H2,24,25,26);1H. The third-order valence-corrected chi connectivity index (χ3v) is 5.67. The quantitative estimate of drug-likeness (QED) is 0.249.